The number of likely N-dealkylation sites (N-methyl/N-ethyl adjacent to an activating group) is 1. The summed E-state index contributed by atoms with van der Waals surface area (Å²) in [4.78, 5) is 13.3. The van der Waals surface area contributed by atoms with Crippen LogP contribution in [0, 0.1) is 12.3 Å². The van der Waals surface area contributed by atoms with Gasteiger partial charge in [0.2, 0.25) is 5.91 Å². The largest absolute Gasteiger partial charge is 0.353 e. The van der Waals surface area contributed by atoms with E-state index in [1.165, 1.54) is 0 Å². The van der Waals surface area contributed by atoms with Crippen molar-refractivity contribution >= 4 is 5.91 Å². The molecule has 0 saturated carbocycles. The molecule has 0 aliphatic carbocycles. The van der Waals surface area contributed by atoms with Crippen molar-refractivity contribution in [3.05, 3.63) is 0 Å². The molecule has 0 aromatic carbocycles. The molecule has 0 saturated heterocycles. The van der Waals surface area contributed by atoms with Gasteiger partial charge in [-0.15, -0.1) is 12.3 Å². The van der Waals surface area contributed by atoms with Crippen molar-refractivity contribution < 1.29 is 4.79 Å². The number of hydrogen-bond donors (Lipinski definition) is 2. The van der Waals surface area contributed by atoms with E-state index in [0.29, 0.717) is 6.54 Å². The van der Waals surface area contributed by atoms with E-state index in [0.717, 1.165) is 0 Å². The number of nitrogens with zero attached hydrogens (tertiary/aromatic N) is 1. The molecule has 2 atom stereocenters. The van der Waals surface area contributed by atoms with Crippen molar-refractivity contribution in [2.24, 2.45) is 5.73 Å². The molecule has 3 N–H and O–H groups in total. The van der Waals surface area contributed by atoms with Crippen LogP contribution in [0.4, 0.5) is 0 Å². The average molecular weight is 197 g/mol. The highest BCUT2D eigenvalue weighted by molar-refractivity contribution is 5.81. The third-order valence-electron chi connectivity index (χ3n) is 2.13. The summed E-state index contributed by atoms with van der Waals surface area (Å²) in [5.41, 5.74) is 5.52. The highest BCUT2D eigenvalue weighted by atomic mass is 16.2. The maximum atomic E-state index is 11.3. The van der Waals surface area contributed by atoms with Gasteiger partial charge in [-0.25, -0.2) is 0 Å². The molecule has 0 rings (SSSR count). The van der Waals surface area contributed by atoms with Gasteiger partial charge in [0.1, 0.15) is 0 Å². The molecule has 4 heteroatoms. The molecule has 0 heterocycles. The quantitative estimate of drug-likeness (QED) is 0.579. The Kier molecular flexibility index (Phi) is 5.93. The minimum absolute atomic E-state index is 0.184. The Labute approximate surface area is 85.8 Å². The van der Waals surface area contributed by atoms with Crippen molar-refractivity contribution in [3.63, 3.8) is 0 Å². The van der Waals surface area contributed by atoms with E-state index in [1.54, 1.807) is 0 Å². The number of nitrogens with two attached hydrogens (primary N) is 1. The summed E-state index contributed by atoms with van der Waals surface area (Å²) in [6, 6.07) is -0.300. The van der Waals surface area contributed by atoms with E-state index in [2.05, 4.69) is 11.2 Å². The lowest BCUT2D eigenvalue weighted by atomic mass is 10.2. The Morgan fingerprint density at radius 1 is 1.64 bits per heavy atom. The highest BCUT2D eigenvalue weighted by Crippen LogP contribution is 1.90. The summed E-state index contributed by atoms with van der Waals surface area (Å²) in [7, 11) is 3.91. The number of nitrogens with one attached hydrogen (secondary N) is 1. The smallest absolute Gasteiger partial charge is 0.237 e. The molecule has 4 nitrogen and oxygen atoms in total. The first-order chi connectivity index (χ1) is 6.49. The summed E-state index contributed by atoms with van der Waals surface area (Å²) >= 11 is 0. The highest BCUT2D eigenvalue weighted by Gasteiger charge is 2.13. The maximum absolute atomic E-state index is 11.3. The van der Waals surface area contributed by atoms with Gasteiger partial charge in [-0.05, 0) is 21.0 Å². The second-order valence-corrected chi connectivity index (χ2v) is 3.57. The van der Waals surface area contributed by atoms with Crippen LogP contribution in [-0.2, 0) is 4.79 Å². The van der Waals surface area contributed by atoms with Gasteiger partial charge >= 0.3 is 0 Å². The van der Waals surface area contributed by atoms with Gasteiger partial charge in [0.25, 0.3) is 0 Å². The van der Waals surface area contributed by atoms with Crippen LogP contribution in [0.1, 0.15) is 13.3 Å². The first-order valence-corrected chi connectivity index (χ1v) is 4.62. The molecule has 0 radical (unpaired) electrons. The zero-order valence-electron chi connectivity index (χ0n) is 9.08. The summed E-state index contributed by atoms with van der Waals surface area (Å²) in [6.45, 7) is 2.61. The maximum Gasteiger partial charge on any atom is 0.237 e. The van der Waals surface area contributed by atoms with E-state index in [-0.39, 0.29) is 18.4 Å². The van der Waals surface area contributed by atoms with Crippen molar-refractivity contribution in [1.82, 2.24) is 10.2 Å². The topological polar surface area (TPSA) is 58.4 Å². The first-order valence-electron chi connectivity index (χ1n) is 4.62. The van der Waals surface area contributed by atoms with Crippen LogP contribution in [0.5, 0.6) is 0 Å². The summed E-state index contributed by atoms with van der Waals surface area (Å²) < 4.78 is 0. The predicted octanol–water partition coefficient (Wildman–Crippen LogP) is -0.597. The second-order valence-electron chi connectivity index (χ2n) is 3.57. The molecule has 0 aromatic heterocycles. The van der Waals surface area contributed by atoms with Crippen LogP contribution in [0.3, 0.4) is 0 Å². The zero-order valence-corrected chi connectivity index (χ0v) is 9.08. The van der Waals surface area contributed by atoms with Gasteiger partial charge in [-0.2, -0.15) is 0 Å². The van der Waals surface area contributed by atoms with Crippen LogP contribution >= 0.6 is 0 Å². The van der Waals surface area contributed by atoms with E-state index in [4.69, 9.17) is 12.2 Å². The molecule has 14 heavy (non-hydrogen) atoms. The van der Waals surface area contributed by atoms with Crippen LogP contribution < -0.4 is 11.1 Å². The number of amides is 1. The lowest BCUT2D eigenvalue weighted by Crippen LogP contribution is -2.45. The summed E-state index contributed by atoms with van der Waals surface area (Å²) in [5, 5.41) is 2.75. The molecule has 0 aromatic rings. The number of terminal acetylenes is 1. The fraction of sp³-hybridized carbons (Fsp3) is 0.700. The Bertz CT molecular complexity index is 220. The Balaban J connectivity index is 3.80. The van der Waals surface area contributed by atoms with Gasteiger partial charge in [-0.3, -0.25) is 4.79 Å². The van der Waals surface area contributed by atoms with Crippen LogP contribution in [-0.4, -0.2) is 43.5 Å². The molecular formula is C10H19N3O. The van der Waals surface area contributed by atoms with Gasteiger partial charge in [0.15, 0.2) is 0 Å². The lowest BCUT2D eigenvalue weighted by molar-refractivity contribution is -0.122. The number of hydrogen-bond acceptors (Lipinski definition) is 3. The monoisotopic (exact) mass is 197 g/mol. The Morgan fingerprint density at radius 3 is 2.64 bits per heavy atom. The van der Waals surface area contributed by atoms with E-state index in [1.807, 2.05) is 25.9 Å². The summed E-state index contributed by atoms with van der Waals surface area (Å²) in [6.07, 6.45) is 5.33. The molecule has 0 spiro atoms. The van der Waals surface area contributed by atoms with Crippen molar-refractivity contribution in [2.75, 3.05) is 20.6 Å². The zero-order chi connectivity index (χ0) is 11.1. The molecule has 0 aliphatic rings. The normalized spacial score (nSPS) is 14.6. The lowest BCUT2D eigenvalue weighted by Gasteiger charge is -2.20. The molecule has 80 valence electrons. The van der Waals surface area contributed by atoms with Gasteiger partial charge in [0.05, 0.1) is 6.04 Å². The first kappa shape index (κ1) is 12.9. The predicted molar refractivity (Wildman–Crippen MR) is 57.6 cm³/mol. The number of rotatable bonds is 5. The van der Waals surface area contributed by atoms with Crippen LogP contribution in [0.2, 0.25) is 0 Å². The van der Waals surface area contributed by atoms with Crippen molar-refractivity contribution in [2.45, 2.75) is 25.4 Å². The van der Waals surface area contributed by atoms with Crippen LogP contribution in [0.15, 0.2) is 0 Å². The van der Waals surface area contributed by atoms with Gasteiger partial charge < -0.3 is 16.0 Å². The fourth-order valence-corrected chi connectivity index (χ4v) is 0.782. The molecule has 1 amide bonds. The Hall–Kier alpha value is -1.05. The van der Waals surface area contributed by atoms with Crippen LogP contribution in [0.25, 0.3) is 0 Å². The Morgan fingerprint density at radius 2 is 2.21 bits per heavy atom. The van der Waals surface area contributed by atoms with Gasteiger partial charge in [0, 0.05) is 19.0 Å². The van der Waals surface area contributed by atoms with E-state index < -0.39 is 6.04 Å². The summed E-state index contributed by atoms with van der Waals surface area (Å²) in [5.74, 6) is 2.18. The molecule has 0 fully saturated rings. The van der Waals surface area contributed by atoms with E-state index in [9.17, 15) is 4.79 Å². The number of carbonyl (C=O) groups is 1. The van der Waals surface area contributed by atoms with Crippen molar-refractivity contribution in [3.8, 4) is 12.3 Å². The fourth-order valence-electron chi connectivity index (χ4n) is 0.782. The molecule has 0 bridgehead atoms. The molecule has 2 unspecified atom stereocenters. The third-order valence-corrected chi connectivity index (χ3v) is 2.13. The SMILES string of the molecule is C#CCC(N)C(=O)NCC(C)N(C)C. The molecule has 0 aliphatic heterocycles. The standard InChI is InChI=1S/C10H19N3O/c1-5-6-9(11)10(14)12-7-8(2)13(3)4/h1,8-9H,6-7,11H2,2-4H3,(H,12,14). The minimum atomic E-state index is -0.589. The average Bonchev–Trinajstić information content (AvgIpc) is 2.13. The minimum Gasteiger partial charge on any atom is -0.353 e. The third kappa shape index (κ3) is 4.85. The van der Waals surface area contributed by atoms with Crippen molar-refractivity contribution in [1.29, 1.82) is 0 Å². The second kappa shape index (κ2) is 6.41. The van der Waals surface area contributed by atoms with E-state index >= 15 is 0 Å². The van der Waals surface area contributed by atoms with Gasteiger partial charge in [-0.1, -0.05) is 0 Å². The molecular weight excluding hydrogens is 178 g/mol. The number of carbonyl (C=O) groups excluding carboxylic acids is 1.